The second-order valence-corrected chi connectivity index (χ2v) is 12.4. The minimum atomic E-state index is 0.677. The molecule has 0 aromatic heterocycles. The summed E-state index contributed by atoms with van der Waals surface area (Å²) in [6.45, 7) is 12.9. The SMILES string of the molecule is CC(C)CCC[C@@H](C)[C@H]1CCC2[C@@H]3CCC4CCCC[C@]4(C)C3CC[C@@]21C. The normalized spacial score (nSPS) is 48.0. The molecule has 0 aromatic rings. The van der Waals surface area contributed by atoms with Crippen LogP contribution in [0.4, 0.5) is 0 Å². The van der Waals surface area contributed by atoms with Crippen LogP contribution in [0.25, 0.3) is 0 Å². The topological polar surface area (TPSA) is 0 Å². The van der Waals surface area contributed by atoms with Gasteiger partial charge in [0.2, 0.25) is 0 Å². The zero-order valence-corrected chi connectivity index (χ0v) is 19.2. The summed E-state index contributed by atoms with van der Waals surface area (Å²) in [7, 11) is 0. The highest BCUT2D eigenvalue weighted by Gasteiger charge is 2.59. The summed E-state index contributed by atoms with van der Waals surface area (Å²) in [6, 6.07) is 0. The van der Waals surface area contributed by atoms with Gasteiger partial charge in [0, 0.05) is 0 Å². The average molecular weight is 373 g/mol. The third-order valence-electron chi connectivity index (χ3n) is 10.8. The highest BCUT2D eigenvalue weighted by molar-refractivity contribution is 5.09. The molecule has 0 heteroatoms. The number of rotatable bonds is 5. The minimum absolute atomic E-state index is 0.677. The quantitative estimate of drug-likeness (QED) is 0.453. The first-order chi connectivity index (χ1) is 12.9. The van der Waals surface area contributed by atoms with E-state index in [1.807, 2.05) is 0 Å². The maximum atomic E-state index is 2.75. The van der Waals surface area contributed by atoms with Crippen molar-refractivity contribution in [1.82, 2.24) is 0 Å². The summed E-state index contributed by atoms with van der Waals surface area (Å²) >= 11 is 0. The zero-order valence-electron chi connectivity index (χ0n) is 19.2. The summed E-state index contributed by atoms with van der Waals surface area (Å²) in [5.41, 5.74) is 1.39. The molecule has 0 aliphatic heterocycles. The highest BCUT2D eigenvalue weighted by atomic mass is 14.6. The lowest BCUT2D eigenvalue weighted by molar-refractivity contribution is -0.114. The second kappa shape index (κ2) is 7.68. The van der Waals surface area contributed by atoms with Crippen LogP contribution in [0.15, 0.2) is 0 Å². The van der Waals surface area contributed by atoms with Crippen molar-refractivity contribution in [3.8, 4) is 0 Å². The van der Waals surface area contributed by atoms with E-state index in [1.54, 1.807) is 51.4 Å². The number of hydrogen-bond acceptors (Lipinski definition) is 0. The molecule has 156 valence electrons. The summed E-state index contributed by atoms with van der Waals surface area (Å²) in [5.74, 6) is 7.15. The van der Waals surface area contributed by atoms with Crippen LogP contribution in [0.2, 0.25) is 0 Å². The maximum Gasteiger partial charge on any atom is -0.0264 e. The predicted octanol–water partition coefficient (Wildman–Crippen LogP) is 8.50. The van der Waals surface area contributed by atoms with E-state index < -0.39 is 0 Å². The molecule has 0 amide bonds. The van der Waals surface area contributed by atoms with Gasteiger partial charge in [-0.1, -0.05) is 66.7 Å². The van der Waals surface area contributed by atoms with Crippen molar-refractivity contribution in [2.45, 2.75) is 118 Å². The van der Waals surface area contributed by atoms with Crippen LogP contribution in [0.1, 0.15) is 118 Å². The molecule has 4 fully saturated rings. The Balaban J connectivity index is 1.46. The molecule has 3 unspecified atom stereocenters. The Morgan fingerprint density at radius 2 is 1.52 bits per heavy atom. The molecule has 0 aromatic carbocycles. The Kier molecular flexibility index (Phi) is 5.77. The van der Waals surface area contributed by atoms with E-state index in [2.05, 4.69) is 34.6 Å². The molecule has 0 N–H and O–H groups in total. The number of fused-ring (bicyclic) bond motifs is 5. The Morgan fingerprint density at radius 3 is 2.30 bits per heavy atom. The summed E-state index contributed by atoms with van der Waals surface area (Å²) in [4.78, 5) is 0. The predicted molar refractivity (Wildman–Crippen MR) is 118 cm³/mol. The fourth-order valence-electron chi connectivity index (χ4n) is 9.32. The van der Waals surface area contributed by atoms with Crippen LogP contribution < -0.4 is 0 Å². The fraction of sp³-hybridized carbons (Fsp3) is 1.00. The molecule has 0 radical (unpaired) electrons. The minimum Gasteiger partial charge on any atom is -0.0628 e. The number of hydrogen-bond donors (Lipinski definition) is 0. The summed E-state index contributed by atoms with van der Waals surface area (Å²) in [5, 5.41) is 0. The highest BCUT2D eigenvalue weighted by Crippen LogP contribution is 2.68. The lowest BCUT2D eigenvalue weighted by Gasteiger charge is -2.61. The van der Waals surface area contributed by atoms with Crippen LogP contribution in [0.5, 0.6) is 0 Å². The Hall–Kier alpha value is 0. The van der Waals surface area contributed by atoms with Crippen LogP contribution in [-0.4, -0.2) is 0 Å². The van der Waals surface area contributed by atoms with Gasteiger partial charge in [0.1, 0.15) is 0 Å². The van der Waals surface area contributed by atoms with Gasteiger partial charge in [-0.15, -0.1) is 0 Å². The molecule has 0 heterocycles. The molecular weight excluding hydrogens is 324 g/mol. The molecule has 8 atom stereocenters. The zero-order chi connectivity index (χ0) is 19.2. The molecule has 4 aliphatic carbocycles. The summed E-state index contributed by atoms with van der Waals surface area (Å²) < 4.78 is 0. The lowest BCUT2D eigenvalue weighted by atomic mass is 9.44. The first kappa shape index (κ1) is 20.3. The molecule has 0 spiro atoms. The van der Waals surface area contributed by atoms with Gasteiger partial charge in [0.15, 0.2) is 0 Å². The molecule has 4 rings (SSSR count). The van der Waals surface area contributed by atoms with E-state index >= 15 is 0 Å². The molecule has 4 saturated carbocycles. The van der Waals surface area contributed by atoms with Gasteiger partial charge in [-0.25, -0.2) is 0 Å². The van der Waals surface area contributed by atoms with Gasteiger partial charge in [-0.05, 0) is 104 Å². The first-order valence-corrected chi connectivity index (χ1v) is 12.9. The van der Waals surface area contributed by atoms with E-state index in [1.165, 1.54) is 32.1 Å². The van der Waals surface area contributed by atoms with Gasteiger partial charge >= 0.3 is 0 Å². The van der Waals surface area contributed by atoms with Gasteiger partial charge in [0.25, 0.3) is 0 Å². The smallest absolute Gasteiger partial charge is 0.0264 e. The lowest BCUT2D eigenvalue weighted by Crippen LogP contribution is -2.53. The fourth-order valence-corrected chi connectivity index (χ4v) is 9.32. The van der Waals surface area contributed by atoms with E-state index in [9.17, 15) is 0 Å². The Labute approximate surface area is 170 Å². The monoisotopic (exact) mass is 372 g/mol. The van der Waals surface area contributed by atoms with Crippen LogP contribution >= 0.6 is 0 Å². The van der Waals surface area contributed by atoms with Crippen molar-refractivity contribution in [3.63, 3.8) is 0 Å². The molecule has 0 bridgehead atoms. The van der Waals surface area contributed by atoms with E-state index in [0.29, 0.717) is 10.8 Å². The van der Waals surface area contributed by atoms with E-state index in [-0.39, 0.29) is 0 Å². The van der Waals surface area contributed by atoms with Crippen LogP contribution in [0, 0.1) is 52.3 Å². The van der Waals surface area contributed by atoms with Crippen molar-refractivity contribution in [1.29, 1.82) is 0 Å². The average Bonchev–Trinajstić information content (AvgIpc) is 2.98. The third-order valence-corrected chi connectivity index (χ3v) is 10.8. The van der Waals surface area contributed by atoms with E-state index in [0.717, 1.165) is 41.4 Å². The molecule has 0 nitrogen and oxygen atoms in total. The van der Waals surface area contributed by atoms with Crippen LogP contribution in [0.3, 0.4) is 0 Å². The maximum absolute atomic E-state index is 2.75. The van der Waals surface area contributed by atoms with E-state index in [4.69, 9.17) is 0 Å². The van der Waals surface area contributed by atoms with Gasteiger partial charge in [0.05, 0.1) is 0 Å². The first-order valence-electron chi connectivity index (χ1n) is 12.9. The molecule has 4 aliphatic rings. The Bertz CT molecular complexity index is 506. The molecule has 0 saturated heterocycles. The van der Waals surface area contributed by atoms with Crippen LogP contribution in [-0.2, 0) is 0 Å². The van der Waals surface area contributed by atoms with Crippen molar-refractivity contribution in [2.75, 3.05) is 0 Å². The standard InChI is InChI=1S/C27H48/c1-19(2)9-8-10-20(3)23-14-15-24-22-13-12-21-11-6-7-17-26(21,4)25(22)16-18-27(23,24)5/h19-25H,6-18H2,1-5H3/t20-,21?,22+,23-,24?,25?,26+,27-/m1/s1. The summed E-state index contributed by atoms with van der Waals surface area (Å²) in [6.07, 6.45) is 19.9. The second-order valence-electron chi connectivity index (χ2n) is 12.4. The van der Waals surface area contributed by atoms with Crippen molar-refractivity contribution in [3.05, 3.63) is 0 Å². The Morgan fingerprint density at radius 1 is 0.741 bits per heavy atom. The van der Waals surface area contributed by atoms with Crippen molar-refractivity contribution < 1.29 is 0 Å². The molecular formula is C27H48. The largest absolute Gasteiger partial charge is 0.0628 e. The van der Waals surface area contributed by atoms with Gasteiger partial charge in [-0.3, -0.25) is 0 Å². The molecule has 27 heavy (non-hydrogen) atoms. The van der Waals surface area contributed by atoms with Crippen molar-refractivity contribution >= 4 is 0 Å². The third kappa shape index (κ3) is 3.44. The van der Waals surface area contributed by atoms with Gasteiger partial charge < -0.3 is 0 Å². The van der Waals surface area contributed by atoms with Gasteiger partial charge in [-0.2, -0.15) is 0 Å². The van der Waals surface area contributed by atoms with Crippen molar-refractivity contribution in [2.24, 2.45) is 52.3 Å².